The molecule has 0 atom stereocenters. The van der Waals surface area contributed by atoms with Crippen LogP contribution in [0.4, 0.5) is 5.69 Å². The van der Waals surface area contributed by atoms with E-state index in [4.69, 9.17) is 9.72 Å². The molecule has 6 nitrogen and oxygen atoms in total. The van der Waals surface area contributed by atoms with E-state index in [9.17, 15) is 0 Å². The molecule has 1 aromatic carbocycles. The number of hydrogen-bond donors (Lipinski definition) is 1. The number of anilines is 1. The van der Waals surface area contributed by atoms with Gasteiger partial charge in [-0.05, 0) is 12.1 Å². The van der Waals surface area contributed by atoms with Gasteiger partial charge in [-0.15, -0.1) is 11.3 Å². The molecule has 0 bridgehead atoms. The van der Waals surface area contributed by atoms with Crippen molar-refractivity contribution in [2.45, 2.75) is 26.3 Å². The zero-order valence-electron chi connectivity index (χ0n) is 16.6. The van der Waals surface area contributed by atoms with Gasteiger partial charge >= 0.3 is 0 Å². The maximum absolute atomic E-state index is 5.34. The first kappa shape index (κ1) is 19.5. The van der Waals surface area contributed by atoms with Crippen molar-refractivity contribution in [2.24, 2.45) is 4.99 Å². The lowest BCUT2D eigenvalue weighted by atomic mass is 10.2. The second-order valence-corrected chi connectivity index (χ2v) is 7.80. The number of nitrogens with zero attached hydrogens (tertiary/aromatic N) is 4. The van der Waals surface area contributed by atoms with Crippen molar-refractivity contribution in [3.05, 3.63) is 40.3 Å². The number of aliphatic imine (C=N–C) groups is 1. The normalized spacial score (nSPS) is 15.4. The molecule has 0 radical (unpaired) electrons. The van der Waals surface area contributed by atoms with Crippen molar-refractivity contribution in [1.82, 2.24) is 15.2 Å². The molecule has 1 saturated heterocycles. The van der Waals surface area contributed by atoms with Crippen molar-refractivity contribution < 1.29 is 4.74 Å². The van der Waals surface area contributed by atoms with Gasteiger partial charge in [0.1, 0.15) is 5.75 Å². The summed E-state index contributed by atoms with van der Waals surface area (Å²) in [7, 11) is 3.55. The average Bonchev–Trinajstić information content (AvgIpc) is 3.18. The van der Waals surface area contributed by atoms with Crippen LogP contribution in [0, 0.1) is 0 Å². The molecular formula is C20H29N5OS. The van der Waals surface area contributed by atoms with Crippen LogP contribution in [-0.2, 0) is 6.54 Å². The monoisotopic (exact) mass is 387 g/mol. The van der Waals surface area contributed by atoms with Crippen molar-refractivity contribution in [1.29, 1.82) is 0 Å². The Labute approximate surface area is 165 Å². The summed E-state index contributed by atoms with van der Waals surface area (Å²) < 4.78 is 5.34. The molecule has 0 aliphatic carbocycles. The summed E-state index contributed by atoms with van der Waals surface area (Å²) >= 11 is 1.73. The molecule has 1 aliphatic rings. The van der Waals surface area contributed by atoms with Gasteiger partial charge in [0.2, 0.25) is 0 Å². The highest BCUT2D eigenvalue weighted by molar-refractivity contribution is 7.09. The van der Waals surface area contributed by atoms with Crippen LogP contribution in [0.3, 0.4) is 0 Å². The van der Waals surface area contributed by atoms with E-state index in [1.165, 1.54) is 10.7 Å². The third-order valence-electron chi connectivity index (χ3n) is 4.70. The molecular weight excluding hydrogens is 358 g/mol. The summed E-state index contributed by atoms with van der Waals surface area (Å²) in [5, 5.41) is 6.79. The number of guanidine groups is 1. The van der Waals surface area contributed by atoms with Gasteiger partial charge in [0.15, 0.2) is 5.96 Å². The van der Waals surface area contributed by atoms with Gasteiger partial charge in [0, 0.05) is 56.3 Å². The highest BCUT2D eigenvalue weighted by atomic mass is 32.1. The summed E-state index contributed by atoms with van der Waals surface area (Å²) in [5.74, 6) is 2.32. The van der Waals surface area contributed by atoms with Gasteiger partial charge in [-0.25, -0.2) is 4.98 Å². The van der Waals surface area contributed by atoms with Crippen molar-refractivity contribution in [2.75, 3.05) is 45.2 Å². The lowest BCUT2D eigenvalue weighted by Crippen LogP contribution is -2.52. The summed E-state index contributed by atoms with van der Waals surface area (Å²) in [6.45, 7) is 8.86. The number of thiazole rings is 1. The number of piperazine rings is 1. The van der Waals surface area contributed by atoms with E-state index in [0.717, 1.165) is 43.6 Å². The molecule has 2 aromatic rings. The Bertz CT molecular complexity index is 765. The third-order valence-corrected chi connectivity index (χ3v) is 5.89. The van der Waals surface area contributed by atoms with Crippen LogP contribution in [0.15, 0.2) is 34.6 Å². The Kier molecular flexibility index (Phi) is 6.55. The number of benzene rings is 1. The summed E-state index contributed by atoms with van der Waals surface area (Å²) in [6, 6.07) is 8.26. The number of hydrogen-bond acceptors (Lipinski definition) is 5. The van der Waals surface area contributed by atoms with E-state index >= 15 is 0 Å². The maximum Gasteiger partial charge on any atom is 0.194 e. The Morgan fingerprint density at radius 1 is 1.30 bits per heavy atom. The fraction of sp³-hybridized carbons (Fsp3) is 0.500. The van der Waals surface area contributed by atoms with Gasteiger partial charge in [0.25, 0.3) is 0 Å². The SMILES string of the molecule is CN=C(NCc1csc(C(C)C)n1)N1CCN(c2cccc(OC)c2)CC1. The van der Waals surface area contributed by atoms with Crippen LogP contribution < -0.4 is 15.0 Å². The van der Waals surface area contributed by atoms with E-state index in [1.54, 1.807) is 18.4 Å². The largest absolute Gasteiger partial charge is 0.497 e. The van der Waals surface area contributed by atoms with Crippen LogP contribution in [0.25, 0.3) is 0 Å². The number of ether oxygens (including phenoxy) is 1. The van der Waals surface area contributed by atoms with E-state index < -0.39 is 0 Å². The van der Waals surface area contributed by atoms with Gasteiger partial charge in [-0.3, -0.25) is 4.99 Å². The molecule has 27 heavy (non-hydrogen) atoms. The maximum atomic E-state index is 5.34. The standard InChI is InChI=1S/C20H29N5OS/c1-15(2)19-23-16(14-27-19)13-22-20(21-3)25-10-8-24(9-11-25)17-6-5-7-18(12-17)26-4/h5-7,12,14-15H,8-11,13H2,1-4H3,(H,21,22). The molecule has 1 fully saturated rings. The van der Waals surface area contributed by atoms with E-state index in [1.807, 2.05) is 19.2 Å². The molecule has 2 heterocycles. The zero-order valence-corrected chi connectivity index (χ0v) is 17.4. The highest BCUT2D eigenvalue weighted by Crippen LogP contribution is 2.22. The Balaban J connectivity index is 1.53. The van der Waals surface area contributed by atoms with Gasteiger partial charge in [-0.2, -0.15) is 0 Å². The molecule has 1 aromatic heterocycles. The Morgan fingerprint density at radius 3 is 2.70 bits per heavy atom. The predicted molar refractivity (Wildman–Crippen MR) is 113 cm³/mol. The lowest BCUT2D eigenvalue weighted by Gasteiger charge is -2.37. The predicted octanol–water partition coefficient (Wildman–Crippen LogP) is 3.17. The third kappa shape index (κ3) is 4.91. The number of methoxy groups -OCH3 is 1. The van der Waals surface area contributed by atoms with Crippen LogP contribution in [0.2, 0.25) is 0 Å². The average molecular weight is 388 g/mol. The zero-order chi connectivity index (χ0) is 19.2. The van der Waals surface area contributed by atoms with Crippen LogP contribution in [0.1, 0.15) is 30.5 Å². The Hall–Kier alpha value is -2.28. The quantitative estimate of drug-likeness (QED) is 0.631. The number of nitrogens with one attached hydrogen (secondary N) is 1. The minimum atomic E-state index is 0.479. The van der Waals surface area contributed by atoms with E-state index in [-0.39, 0.29) is 0 Å². The number of rotatable bonds is 5. The molecule has 0 saturated carbocycles. The molecule has 3 rings (SSSR count). The van der Waals surface area contributed by atoms with Crippen LogP contribution in [-0.4, -0.2) is 56.2 Å². The van der Waals surface area contributed by atoms with Crippen LogP contribution in [0.5, 0.6) is 5.75 Å². The molecule has 0 spiro atoms. The second kappa shape index (κ2) is 9.08. The minimum absolute atomic E-state index is 0.479. The number of aromatic nitrogens is 1. The minimum Gasteiger partial charge on any atom is -0.497 e. The summed E-state index contributed by atoms with van der Waals surface area (Å²) in [4.78, 5) is 13.9. The molecule has 146 valence electrons. The highest BCUT2D eigenvalue weighted by Gasteiger charge is 2.20. The van der Waals surface area contributed by atoms with Gasteiger partial charge in [0.05, 0.1) is 24.4 Å². The van der Waals surface area contributed by atoms with Crippen molar-refractivity contribution in [3.8, 4) is 5.75 Å². The smallest absolute Gasteiger partial charge is 0.194 e. The first-order valence-corrected chi connectivity index (χ1v) is 10.3. The molecule has 7 heteroatoms. The molecule has 0 amide bonds. The summed E-state index contributed by atoms with van der Waals surface area (Å²) in [5.41, 5.74) is 2.29. The fourth-order valence-corrected chi connectivity index (χ4v) is 3.99. The van der Waals surface area contributed by atoms with E-state index in [2.05, 4.69) is 51.5 Å². The first-order valence-electron chi connectivity index (χ1n) is 9.39. The second-order valence-electron chi connectivity index (χ2n) is 6.91. The molecule has 0 unspecified atom stereocenters. The van der Waals surface area contributed by atoms with Gasteiger partial charge < -0.3 is 19.9 Å². The topological polar surface area (TPSA) is 53.0 Å². The van der Waals surface area contributed by atoms with E-state index in [0.29, 0.717) is 12.5 Å². The van der Waals surface area contributed by atoms with Crippen molar-refractivity contribution >= 4 is 23.0 Å². The van der Waals surface area contributed by atoms with Crippen LogP contribution >= 0.6 is 11.3 Å². The Morgan fingerprint density at radius 2 is 2.07 bits per heavy atom. The fourth-order valence-electron chi connectivity index (χ4n) is 3.15. The van der Waals surface area contributed by atoms with Gasteiger partial charge in [-0.1, -0.05) is 19.9 Å². The van der Waals surface area contributed by atoms with Crippen molar-refractivity contribution in [3.63, 3.8) is 0 Å². The molecule has 1 N–H and O–H groups in total. The lowest BCUT2D eigenvalue weighted by molar-refractivity contribution is 0.371. The molecule has 1 aliphatic heterocycles. The first-order chi connectivity index (χ1) is 13.1. The summed E-state index contributed by atoms with van der Waals surface area (Å²) in [6.07, 6.45) is 0.